The normalized spacial score (nSPS) is 10.1. The molecule has 0 heterocycles. The number of amides is 1. The number of carbonyl (C=O) groups excluding carboxylic acids is 1. The maximum Gasteiger partial charge on any atom is 0.236 e. The Labute approximate surface area is 134 Å². The van der Waals surface area contributed by atoms with E-state index in [1.807, 2.05) is 42.2 Å². The van der Waals surface area contributed by atoms with E-state index < -0.39 is 0 Å². The van der Waals surface area contributed by atoms with Crippen LogP contribution in [-0.4, -0.2) is 55.0 Å². The number of halogens is 1. The van der Waals surface area contributed by atoms with Gasteiger partial charge in [0.05, 0.1) is 13.1 Å². The fraction of sp³-hybridized carbons (Fsp3) is 0.562. The van der Waals surface area contributed by atoms with E-state index in [2.05, 4.69) is 18.7 Å². The Morgan fingerprint density at radius 3 is 2.19 bits per heavy atom. The van der Waals surface area contributed by atoms with Gasteiger partial charge in [-0.1, -0.05) is 32.0 Å². The zero-order valence-electron chi connectivity index (χ0n) is 13.2. The minimum absolute atomic E-state index is 0. The van der Waals surface area contributed by atoms with E-state index >= 15 is 0 Å². The average molecular weight is 315 g/mol. The van der Waals surface area contributed by atoms with Gasteiger partial charge in [-0.05, 0) is 32.1 Å². The summed E-state index contributed by atoms with van der Waals surface area (Å²) in [5.74, 6) is 1.02. The summed E-state index contributed by atoms with van der Waals surface area (Å²) in [6.45, 7) is 10.3. The van der Waals surface area contributed by atoms with E-state index in [0.717, 1.165) is 25.4 Å². The number of likely N-dealkylation sites (N-methyl/N-ethyl adjacent to an activating group) is 2. The van der Waals surface area contributed by atoms with Crippen LogP contribution in [0.15, 0.2) is 30.3 Å². The topological polar surface area (TPSA) is 32.8 Å². The number of benzene rings is 1. The molecule has 0 unspecified atom stereocenters. The summed E-state index contributed by atoms with van der Waals surface area (Å²) in [5, 5.41) is 0. The zero-order chi connectivity index (χ0) is 14.8. The predicted molar refractivity (Wildman–Crippen MR) is 89.2 cm³/mol. The third-order valence-corrected chi connectivity index (χ3v) is 3.36. The van der Waals surface area contributed by atoms with Crippen LogP contribution in [0.5, 0.6) is 5.75 Å². The first kappa shape index (κ1) is 19.7. The minimum Gasteiger partial charge on any atom is -0.492 e. The Hall–Kier alpha value is -1.26. The Kier molecular flexibility index (Phi) is 10.7. The monoisotopic (exact) mass is 314 g/mol. The maximum absolute atomic E-state index is 12.2. The Morgan fingerprint density at radius 2 is 1.67 bits per heavy atom. The molecule has 1 aromatic carbocycles. The van der Waals surface area contributed by atoms with Gasteiger partial charge in [0.25, 0.3) is 0 Å². The fourth-order valence-electron chi connectivity index (χ4n) is 1.99. The highest BCUT2D eigenvalue weighted by atomic mass is 35.5. The number of hydrogen-bond acceptors (Lipinski definition) is 3. The highest BCUT2D eigenvalue weighted by molar-refractivity contribution is 5.85. The highest BCUT2D eigenvalue weighted by Crippen LogP contribution is 2.08. The number of ether oxygens (including phenoxy) is 1. The molecule has 0 saturated carbocycles. The first-order valence-electron chi connectivity index (χ1n) is 7.39. The Bertz CT molecular complexity index is 383. The van der Waals surface area contributed by atoms with Crippen LogP contribution >= 0.6 is 12.4 Å². The van der Waals surface area contributed by atoms with Crippen molar-refractivity contribution in [2.75, 3.05) is 39.3 Å². The van der Waals surface area contributed by atoms with E-state index in [0.29, 0.717) is 19.7 Å². The van der Waals surface area contributed by atoms with E-state index in [1.54, 1.807) is 0 Å². The molecule has 1 amide bonds. The van der Waals surface area contributed by atoms with Gasteiger partial charge in [-0.2, -0.15) is 0 Å². The summed E-state index contributed by atoms with van der Waals surface area (Å²) in [6.07, 6.45) is 0. The van der Waals surface area contributed by atoms with Gasteiger partial charge in [0, 0.05) is 6.54 Å². The molecule has 4 nitrogen and oxygen atoms in total. The van der Waals surface area contributed by atoms with Crippen molar-refractivity contribution in [2.24, 2.45) is 0 Å². The van der Waals surface area contributed by atoms with Crippen molar-refractivity contribution in [1.29, 1.82) is 0 Å². The van der Waals surface area contributed by atoms with Crippen molar-refractivity contribution < 1.29 is 9.53 Å². The van der Waals surface area contributed by atoms with Crippen molar-refractivity contribution >= 4 is 18.3 Å². The van der Waals surface area contributed by atoms with Crippen molar-refractivity contribution in [3.63, 3.8) is 0 Å². The summed E-state index contributed by atoms with van der Waals surface area (Å²) >= 11 is 0. The molecule has 0 atom stereocenters. The third-order valence-electron chi connectivity index (χ3n) is 3.36. The van der Waals surface area contributed by atoms with Crippen molar-refractivity contribution in [1.82, 2.24) is 9.80 Å². The van der Waals surface area contributed by atoms with Gasteiger partial charge >= 0.3 is 0 Å². The largest absolute Gasteiger partial charge is 0.492 e. The van der Waals surface area contributed by atoms with Gasteiger partial charge in [-0.15, -0.1) is 12.4 Å². The fourth-order valence-corrected chi connectivity index (χ4v) is 1.99. The summed E-state index contributed by atoms with van der Waals surface area (Å²) in [6, 6.07) is 9.69. The smallest absolute Gasteiger partial charge is 0.236 e. The quantitative estimate of drug-likeness (QED) is 0.702. The lowest BCUT2D eigenvalue weighted by Crippen LogP contribution is -2.42. The van der Waals surface area contributed by atoms with Gasteiger partial charge in [0.2, 0.25) is 5.91 Å². The van der Waals surface area contributed by atoms with Crippen LogP contribution in [-0.2, 0) is 4.79 Å². The molecule has 0 aliphatic rings. The number of carbonyl (C=O) groups is 1. The van der Waals surface area contributed by atoms with E-state index in [-0.39, 0.29) is 18.3 Å². The molecular formula is C16H27ClN2O2. The second-order valence-electron chi connectivity index (χ2n) is 4.60. The molecule has 0 aliphatic heterocycles. The second kappa shape index (κ2) is 11.4. The molecule has 5 heteroatoms. The molecule has 0 aromatic heterocycles. The summed E-state index contributed by atoms with van der Waals surface area (Å²) in [5.41, 5.74) is 0. The van der Waals surface area contributed by atoms with Crippen LogP contribution in [0.1, 0.15) is 20.8 Å². The van der Waals surface area contributed by atoms with E-state index in [1.165, 1.54) is 0 Å². The van der Waals surface area contributed by atoms with Crippen LogP contribution in [0.3, 0.4) is 0 Å². The Balaban J connectivity index is 0.00000400. The maximum atomic E-state index is 12.2. The van der Waals surface area contributed by atoms with E-state index in [9.17, 15) is 4.79 Å². The number of hydrogen-bond donors (Lipinski definition) is 0. The first-order valence-corrected chi connectivity index (χ1v) is 7.39. The molecule has 0 spiro atoms. The van der Waals surface area contributed by atoms with Gasteiger partial charge in [-0.25, -0.2) is 0 Å². The number of para-hydroxylation sites is 1. The highest BCUT2D eigenvalue weighted by Gasteiger charge is 2.14. The molecule has 0 fully saturated rings. The van der Waals surface area contributed by atoms with Gasteiger partial charge in [0.1, 0.15) is 12.4 Å². The summed E-state index contributed by atoms with van der Waals surface area (Å²) in [7, 11) is 0. The second-order valence-corrected chi connectivity index (χ2v) is 4.60. The lowest BCUT2D eigenvalue weighted by Gasteiger charge is -2.25. The number of rotatable bonds is 9. The molecule has 0 N–H and O–H groups in total. The van der Waals surface area contributed by atoms with Crippen LogP contribution in [0, 0.1) is 0 Å². The lowest BCUT2D eigenvalue weighted by atomic mass is 10.3. The minimum atomic E-state index is 0. The van der Waals surface area contributed by atoms with E-state index in [4.69, 9.17) is 4.74 Å². The molecule has 0 radical (unpaired) electrons. The van der Waals surface area contributed by atoms with Crippen molar-refractivity contribution in [3.05, 3.63) is 30.3 Å². The van der Waals surface area contributed by atoms with Crippen LogP contribution in [0.25, 0.3) is 0 Å². The SMILES string of the molecule is CCN(CC)CC(=O)N(CC)CCOc1ccccc1.Cl. The van der Waals surface area contributed by atoms with Crippen molar-refractivity contribution in [3.8, 4) is 5.75 Å². The van der Waals surface area contributed by atoms with Gasteiger partial charge in [-0.3, -0.25) is 9.69 Å². The molecule has 1 aromatic rings. The van der Waals surface area contributed by atoms with Crippen molar-refractivity contribution in [2.45, 2.75) is 20.8 Å². The molecular weight excluding hydrogens is 288 g/mol. The summed E-state index contributed by atoms with van der Waals surface area (Å²) < 4.78 is 5.64. The van der Waals surface area contributed by atoms with Gasteiger partial charge < -0.3 is 9.64 Å². The first-order chi connectivity index (χ1) is 9.71. The molecule has 0 bridgehead atoms. The summed E-state index contributed by atoms with van der Waals surface area (Å²) in [4.78, 5) is 16.2. The molecule has 1 rings (SSSR count). The standard InChI is InChI=1S/C16H26N2O2.ClH/c1-4-17(5-2)14-16(19)18(6-3)12-13-20-15-10-8-7-9-11-15;/h7-11H,4-6,12-14H2,1-3H3;1H. The van der Waals surface area contributed by atoms with Crippen LogP contribution in [0.4, 0.5) is 0 Å². The zero-order valence-corrected chi connectivity index (χ0v) is 14.1. The molecule has 120 valence electrons. The van der Waals surface area contributed by atoms with Crippen LogP contribution < -0.4 is 4.74 Å². The van der Waals surface area contributed by atoms with Gasteiger partial charge in [0.15, 0.2) is 0 Å². The lowest BCUT2D eigenvalue weighted by molar-refractivity contribution is -0.132. The Morgan fingerprint density at radius 1 is 1.05 bits per heavy atom. The third kappa shape index (κ3) is 7.34. The molecule has 0 saturated heterocycles. The molecule has 21 heavy (non-hydrogen) atoms. The molecule has 0 aliphatic carbocycles. The predicted octanol–water partition coefficient (Wildman–Crippen LogP) is 2.68. The van der Waals surface area contributed by atoms with Crippen LogP contribution in [0.2, 0.25) is 0 Å². The average Bonchev–Trinajstić information content (AvgIpc) is 2.50. The number of nitrogens with zero attached hydrogens (tertiary/aromatic N) is 2.